The lowest BCUT2D eigenvalue weighted by atomic mass is 10.1. The average Bonchev–Trinajstić information content (AvgIpc) is 2.77. The van der Waals surface area contributed by atoms with Crippen molar-refractivity contribution in [3.63, 3.8) is 0 Å². The standard InChI is InChI=1S/C12H15ClN2O/c13-11-4-2-1-3-10(11)12(16)15-6-5-9(7-14)8-15/h1-4,9H,5-8,14H2. The Morgan fingerprint density at radius 1 is 1.50 bits per heavy atom. The van der Waals surface area contributed by atoms with E-state index in [0.29, 0.717) is 23.0 Å². The molecule has 3 nitrogen and oxygen atoms in total. The highest BCUT2D eigenvalue weighted by Gasteiger charge is 2.26. The van der Waals surface area contributed by atoms with Crippen molar-refractivity contribution in [1.29, 1.82) is 0 Å². The molecule has 1 aromatic carbocycles. The largest absolute Gasteiger partial charge is 0.338 e. The molecule has 1 atom stereocenters. The molecule has 0 saturated carbocycles. The van der Waals surface area contributed by atoms with Gasteiger partial charge in [-0.3, -0.25) is 4.79 Å². The second-order valence-electron chi connectivity index (χ2n) is 4.12. The molecule has 86 valence electrons. The SMILES string of the molecule is NCC1CCN(C(=O)c2ccccc2Cl)C1. The lowest BCUT2D eigenvalue weighted by molar-refractivity contribution is 0.0788. The maximum absolute atomic E-state index is 12.1. The van der Waals surface area contributed by atoms with Gasteiger partial charge in [0.15, 0.2) is 0 Å². The van der Waals surface area contributed by atoms with E-state index in [9.17, 15) is 4.79 Å². The van der Waals surface area contributed by atoms with Crippen LogP contribution in [0, 0.1) is 5.92 Å². The number of nitrogens with two attached hydrogens (primary N) is 1. The zero-order valence-corrected chi connectivity index (χ0v) is 9.78. The molecule has 0 spiro atoms. The van der Waals surface area contributed by atoms with Crippen molar-refractivity contribution >= 4 is 17.5 Å². The molecular formula is C12H15ClN2O. The summed E-state index contributed by atoms with van der Waals surface area (Å²) in [6, 6.07) is 7.16. The van der Waals surface area contributed by atoms with E-state index in [-0.39, 0.29) is 5.91 Å². The molecule has 1 heterocycles. The van der Waals surface area contributed by atoms with Crippen LogP contribution in [0.3, 0.4) is 0 Å². The molecule has 1 saturated heterocycles. The number of benzene rings is 1. The molecule has 1 aliphatic heterocycles. The van der Waals surface area contributed by atoms with Crippen molar-refractivity contribution in [2.24, 2.45) is 11.7 Å². The van der Waals surface area contributed by atoms with Gasteiger partial charge in [0.05, 0.1) is 10.6 Å². The molecule has 2 N–H and O–H groups in total. The van der Waals surface area contributed by atoms with Crippen LogP contribution in [-0.2, 0) is 0 Å². The number of hydrogen-bond acceptors (Lipinski definition) is 2. The summed E-state index contributed by atoms with van der Waals surface area (Å²) in [5.74, 6) is 0.452. The Hall–Kier alpha value is -1.06. The van der Waals surface area contributed by atoms with E-state index in [1.54, 1.807) is 12.1 Å². The number of hydrogen-bond donors (Lipinski definition) is 1. The fourth-order valence-electron chi connectivity index (χ4n) is 2.01. The van der Waals surface area contributed by atoms with E-state index < -0.39 is 0 Å². The third-order valence-corrected chi connectivity index (χ3v) is 3.34. The first kappa shape index (κ1) is 11.4. The summed E-state index contributed by atoms with van der Waals surface area (Å²) >= 11 is 6.00. The van der Waals surface area contributed by atoms with Gasteiger partial charge in [0, 0.05) is 13.1 Å². The smallest absolute Gasteiger partial charge is 0.255 e. The van der Waals surface area contributed by atoms with Crippen molar-refractivity contribution in [1.82, 2.24) is 4.90 Å². The molecule has 0 aliphatic carbocycles. The summed E-state index contributed by atoms with van der Waals surface area (Å²) in [6.07, 6.45) is 0.993. The van der Waals surface area contributed by atoms with E-state index in [1.807, 2.05) is 17.0 Å². The lowest BCUT2D eigenvalue weighted by Crippen LogP contribution is -2.30. The number of halogens is 1. The first-order chi connectivity index (χ1) is 7.72. The molecule has 1 aliphatic rings. The van der Waals surface area contributed by atoms with Gasteiger partial charge < -0.3 is 10.6 Å². The fraction of sp³-hybridized carbons (Fsp3) is 0.417. The van der Waals surface area contributed by atoms with Crippen LogP contribution in [0.15, 0.2) is 24.3 Å². The summed E-state index contributed by atoms with van der Waals surface area (Å²) < 4.78 is 0. The van der Waals surface area contributed by atoms with Crippen molar-refractivity contribution in [2.75, 3.05) is 19.6 Å². The second kappa shape index (κ2) is 4.85. The van der Waals surface area contributed by atoms with E-state index >= 15 is 0 Å². The normalized spacial score (nSPS) is 20.1. The highest BCUT2D eigenvalue weighted by atomic mass is 35.5. The first-order valence-corrected chi connectivity index (χ1v) is 5.84. The zero-order chi connectivity index (χ0) is 11.5. The third-order valence-electron chi connectivity index (χ3n) is 3.01. The average molecular weight is 239 g/mol. The first-order valence-electron chi connectivity index (χ1n) is 5.46. The van der Waals surface area contributed by atoms with Crippen molar-refractivity contribution in [3.05, 3.63) is 34.9 Å². The predicted octanol–water partition coefficient (Wildman–Crippen LogP) is 1.76. The van der Waals surface area contributed by atoms with Gasteiger partial charge in [-0.05, 0) is 31.0 Å². The minimum atomic E-state index is 0.0153. The molecule has 2 rings (SSSR count). The Morgan fingerprint density at radius 2 is 2.25 bits per heavy atom. The van der Waals surface area contributed by atoms with Crippen LogP contribution in [0.1, 0.15) is 16.8 Å². The van der Waals surface area contributed by atoms with Gasteiger partial charge in [0.25, 0.3) is 5.91 Å². The monoisotopic (exact) mass is 238 g/mol. The molecule has 0 aromatic heterocycles. The fourth-order valence-corrected chi connectivity index (χ4v) is 2.23. The second-order valence-corrected chi connectivity index (χ2v) is 4.53. The number of nitrogens with zero attached hydrogens (tertiary/aromatic N) is 1. The Bertz CT molecular complexity index is 394. The van der Waals surface area contributed by atoms with Crippen LogP contribution in [0.5, 0.6) is 0 Å². The molecule has 1 fully saturated rings. The molecule has 1 amide bonds. The number of likely N-dealkylation sites (tertiary alicyclic amines) is 1. The summed E-state index contributed by atoms with van der Waals surface area (Å²) in [5, 5.41) is 0.517. The predicted molar refractivity (Wildman–Crippen MR) is 64.5 cm³/mol. The summed E-state index contributed by atoms with van der Waals surface area (Å²) in [5.41, 5.74) is 6.19. The van der Waals surface area contributed by atoms with E-state index in [2.05, 4.69) is 0 Å². The Labute approximate surface area is 100 Å². The minimum Gasteiger partial charge on any atom is -0.338 e. The quantitative estimate of drug-likeness (QED) is 0.854. The molecule has 1 aromatic rings. The highest BCUT2D eigenvalue weighted by Crippen LogP contribution is 2.21. The van der Waals surface area contributed by atoms with Gasteiger partial charge in [0.2, 0.25) is 0 Å². The van der Waals surface area contributed by atoms with Gasteiger partial charge in [-0.15, -0.1) is 0 Å². The summed E-state index contributed by atoms with van der Waals surface area (Å²) in [6.45, 7) is 2.18. The topological polar surface area (TPSA) is 46.3 Å². The van der Waals surface area contributed by atoms with Gasteiger partial charge in [-0.25, -0.2) is 0 Å². The van der Waals surface area contributed by atoms with Crippen LogP contribution in [0.2, 0.25) is 5.02 Å². The van der Waals surface area contributed by atoms with Gasteiger partial charge in [-0.1, -0.05) is 23.7 Å². The molecule has 4 heteroatoms. The van der Waals surface area contributed by atoms with Crippen LogP contribution in [0.4, 0.5) is 0 Å². The Morgan fingerprint density at radius 3 is 2.88 bits per heavy atom. The Kier molecular flexibility index (Phi) is 3.46. The van der Waals surface area contributed by atoms with Gasteiger partial charge in [-0.2, -0.15) is 0 Å². The summed E-state index contributed by atoms with van der Waals surface area (Å²) in [4.78, 5) is 14.0. The van der Waals surface area contributed by atoms with E-state index in [0.717, 1.165) is 19.5 Å². The Balaban J connectivity index is 2.12. The van der Waals surface area contributed by atoms with E-state index in [4.69, 9.17) is 17.3 Å². The highest BCUT2D eigenvalue weighted by molar-refractivity contribution is 6.33. The van der Waals surface area contributed by atoms with Crippen molar-refractivity contribution < 1.29 is 4.79 Å². The number of carbonyl (C=O) groups excluding carboxylic acids is 1. The number of carbonyl (C=O) groups is 1. The van der Waals surface area contributed by atoms with Gasteiger partial charge in [0.1, 0.15) is 0 Å². The van der Waals surface area contributed by atoms with Gasteiger partial charge >= 0.3 is 0 Å². The van der Waals surface area contributed by atoms with E-state index in [1.165, 1.54) is 0 Å². The molecular weight excluding hydrogens is 224 g/mol. The zero-order valence-electron chi connectivity index (χ0n) is 9.03. The molecule has 1 unspecified atom stereocenters. The maximum Gasteiger partial charge on any atom is 0.255 e. The molecule has 0 radical (unpaired) electrons. The van der Waals surface area contributed by atoms with Crippen molar-refractivity contribution in [3.8, 4) is 0 Å². The number of rotatable bonds is 2. The minimum absolute atomic E-state index is 0.0153. The van der Waals surface area contributed by atoms with Crippen LogP contribution in [-0.4, -0.2) is 30.4 Å². The lowest BCUT2D eigenvalue weighted by Gasteiger charge is -2.16. The third kappa shape index (κ3) is 2.20. The molecule has 0 bridgehead atoms. The van der Waals surface area contributed by atoms with Crippen molar-refractivity contribution in [2.45, 2.75) is 6.42 Å². The van der Waals surface area contributed by atoms with Crippen LogP contribution in [0.25, 0.3) is 0 Å². The maximum atomic E-state index is 12.1. The molecule has 16 heavy (non-hydrogen) atoms. The van der Waals surface area contributed by atoms with Crippen LogP contribution < -0.4 is 5.73 Å². The number of amides is 1. The summed E-state index contributed by atoms with van der Waals surface area (Å²) in [7, 11) is 0. The van der Waals surface area contributed by atoms with Crippen LogP contribution >= 0.6 is 11.6 Å².